The number of aromatic nitrogens is 5. The van der Waals surface area contributed by atoms with E-state index in [1.165, 1.54) is 5.56 Å². The second kappa shape index (κ2) is 8.84. The summed E-state index contributed by atoms with van der Waals surface area (Å²) in [5.41, 5.74) is 5.70. The summed E-state index contributed by atoms with van der Waals surface area (Å²) in [5, 5.41) is 11.6. The Morgan fingerprint density at radius 1 is 1.09 bits per heavy atom. The summed E-state index contributed by atoms with van der Waals surface area (Å²) in [6.07, 6.45) is 3.48. The molecule has 4 aromatic rings. The molecule has 164 valence electrons. The number of hydrogen-bond donors (Lipinski definition) is 1. The van der Waals surface area contributed by atoms with Crippen LogP contribution in [-0.2, 0) is 6.54 Å². The van der Waals surface area contributed by atoms with Gasteiger partial charge in [-0.2, -0.15) is 0 Å². The summed E-state index contributed by atoms with van der Waals surface area (Å²) in [7, 11) is 1.92. The maximum atomic E-state index is 12.1. The monoisotopic (exact) mass is 430 g/mol. The maximum Gasteiger partial charge on any atom is 0.268 e. The highest BCUT2D eigenvalue weighted by Gasteiger charge is 2.17. The van der Waals surface area contributed by atoms with E-state index in [0.29, 0.717) is 28.9 Å². The van der Waals surface area contributed by atoms with E-state index in [-0.39, 0.29) is 11.6 Å². The quantitative estimate of drug-likeness (QED) is 0.495. The number of benzene rings is 1. The van der Waals surface area contributed by atoms with Crippen LogP contribution in [0.1, 0.15) is 36.7 Å². The standard InChI is InChI=1S/C24H26N6O2/c1-14(2)30-13-18(7-9-21(30)31)20-12-26-16(4)22(27-20)24-29-28-23(32-24)19-8-6-17(11-25-5)10-15(19)3/h6-10,12-14,25H,11H2,1-5H3. The molecule has 8 heteroatoms. The normalized spacial score (nSPS) is 11.3. The van der Waals surface area contributed by atoms with Crippen LogP contribution in [0.25, 0.3) is 34.3 Å². The fraction of sp³-hybridized carbons (Fsp3) is 0.292. The molecule has 3 aromatic heterocycles. The molecule has 0 spiro atoms. The maximum absolute atomic E-state index is 12.1. The summed E-state index contributed by atoms with van der Waals surface area (Å²) in [5.74, 6) is 0.746. The molecule has 0 fully saturated rings. The van der Waals surface area contributed by atoms with Gasteiger partial charge in [0.1, 0.15) is 5.69 Å². The first-order valence-electron chi connectivity index (χ1n) is 10.5. The molecular weight excluding hydrogens is 404 g/mol. The van der Waals surface area contributed by atoms with Crippen LogP contribution in [-0.4, -0.2) is 31.8 Å². The van der Waals surface area contributed by atoms with E-state index in [1.54, 1.807) is 29.1 Å². The molecule has 0 aliphatic heterocycles. The number of rotatable bonds is 6. The number of pyridine rings is 1. The van der Waals surface area contributed by atoms with Gasteiger partial charge in [-0.3, -0.25) is 9.78 Å². The molecule has 0 aliphatic rings. The molecule has 0 unspecified atom stereocenters. The van der Waals surface area contributed by atoms with Crippen LogP contribution in [0, 0.1) is 13.8 Å². The third kappa shape index (κ3) is 4.22. The van der Waals surface area contributed by atoms with Gasteiger partial charge < -0.3 is 14.3 Å². The highest BCUT2D eigenvalue weighted by molar-refractivity contribution is 5.64. The number of hydrogen-bond acceptors (Lipinski definition) is 7. The van der Waals surface area contributed by atoms with Crippen molar-refractivity contribution >= 4 is 0 Å². The molecule has 8 nitrogen and oxygen atoms in total. The Hall–Kier alpha value is -3.65. The molecular formula is C24H26N6O2. The lowest BCUT2D eigenvalue weighted by atomic mass is 10.1. The van der Waals surface area contributed by atoms with Gasteiger partial charge in [-0.15, -0.1) is 10.2 Å². The number of nitrogens with one attached hydrogen (secondary N) is 1. The van der Waals surface area contributed by atoms with Gasteiger partial charge in [-0.25, -0.2) is 4.98 Å². The Morgan fingerprint density at radius 2 is 1.88 bits per heavy atom. The smallest absolute Gasteiger partial charge is 0.268 e. The Labute approximate surface area is 186 Å². The first kappa shape index (κ1) is 21.6. The van der Waals surface area contributed by atoms with Gasteiger partial charge in [0, 0.05) is 36.0 Å². The van der Waals surface area contributed by atoms with E-state index in [4.69, 9.17) is 9.40 Å². The van der Waals surface area contributed by atoms with Crippen LogP contribution in [0.5, 0.6) is 0 Å². The molecule has 0 aliphatic carbocycles. The van der Waals surface area contributed by atoms with E-state index in [9.17, 15) is 4.79 Å². The average Bonchev–Trinajstić information content (AvgIpc) is 3.24. The largest absolute Gasteiger partial charge is 0.415 e. The summed E-state index contributed by atoms with van der Waals surface area (Å²) < 4.78 is 7.66. The predicted octanol–water partition coefficient (Wildman–Crippen LogP) is 3.94. The van der Waals surface area contributed by atoms with Gasteiger partial charge in [0.25, 0.3) is 11.4 Å². The first-order chi connectivity index (χ1) is 15.4. The summed E-state index contributed by atoms with van der Waals surface area (Å²) in [4.78, 5) is 21.3. The Bertz CT molecular complexity index is 1320. The average molecular weight is 431 g/mol. The van der Waals surface area contributed by atoms with Crippen molar-refractivity contribution in [1.82, 2.24) is 30.0 Å². The highest BCUT2D eigenvalue weighted by atomic mass is 16.4. The third-order valence-electron chi connectivity index (χ3n) is 5.28. The van der Waals surface area contributed by atoms with Gasteiger partial charge in [-0.1, -0.05) is 12.1 Å². The SMILES string of the molecule is CNCc1ccc(-c2nnc(-c3nc(-c4ccc(=O)n(C(C)C)c4)cnc3C)o2)c(C)c1. The van der Waals surface area contributed by atoms with Crippen LogP contribution >= 0.6 is 0 Å². The molecule has 3 heterocycles. The first-order valence-corrected chi connectivity index (χ1v) is 10.5. The second-order valence-corrected chi connectivity index (χ2v) is 8.04. The fourth-order valence-electron chi connectivity index (χ4n) is 3.56. The zero-order valence-electron chi connectivity index (χ0n) is 18.9. The van der Waals surface area contributed by atoms with Crippen molar-refractivity contribution in [3.05, 3.63) is 69.9 Å². The Morgan fingerprint density at radius 3 is 2.59 bits per heavy atom. The molecule has 0 amide bonds. The van der Waals surface area contributed by atoms with E-state index in [0.717, 1.165) is 23.2 Å². The fourth-order valence-corrected chi connectivity index (χ4v) is 3.56. The summed E-state index contributed by atoms with van der Waals surface area (Å²) in [6, 6.07) is 9.47. The number of nitrogens with zero attached hydrogens (tertiary/aromatic N) is 5. The highest BCUT2D eigenvalue weighted by Crippen LogP contribution is 2.28. The zero-order chi connectivity index (χ0) is 22.8. The van der Waals surface area contributed by atoms with Crippen LogP contribution in [0.3, 0.4) is 0 Å². The summed E-state index contributed by atoms with van der Waals surface area (Å²) in [6.45, 7) is 8.59. The van der Waals surface area contributed by atoms with Gasteiger partial charge in [0.2, 0.25) is 5.89 Å². The lowest BCUT2D eigenvalue weighted by molar-refractivity contribution is 0.578. The molecule has 0 saturated carbocycles. The molecule has 0 bridgehead atoms. The topological polar surface area (TPSA) is 98.7 Å². The third-order valence-corrected chi connectivity index (χ3v) is 5.28. The van der Waals surface area contributed by atoms with Crippen molar-refractivity contribution < 1.29 is 4.42 Å². The van der Waals surface area contributed by atoms with Crippen molar-refractivity contribution in [3.63, 3.8) is 0 Å². The summed E-state index contributed by atoms with van der Waals surface area (Å²) >= 11 is 0. The molecule has 1 aromatic carbocycles. The van der Waals surface area contributed by atoms with Crippen molar-refractivity contribution in [1.29, 1.82) is 0 Å². The molecule has 0 radical (unpaired) electrons. The molecule has 0 saturated heterocycles. The van der Waals surface area contributed by atoms with Crippen LogP contribution < -0.4 is 10.9 Å². The zero-order valence-corrected chi connectivity index (χ0v) is 18.9. The van der Waals surface area contributed by atoms with Gasteiger partial charge in [0.15, 0.2) is 0 Å². The molecule has 32 heavy (non-hydrogen) atoms. The van der Waals surface area contributed by atoms with Crippen LogP contribution in [0.2, 0.25) is 0 Å². The number of aryl methyl sites for hydroxylation is 2. The van der Waals surface area contributed by atoms with Crippen molar-refractivity contribution in [3.8, 4) is 34.3 Å². The minimum absolute atomic E-state index is 0.0431. The minimum atomic E-state index is -0.0540. The lowest BCUT2D eigenvalue weighted by Crippen LogP contribution is -2.20. The Balaban J connectivity index is 1.71. The Kier molecular flexibility index (Phi) is 5.96. The van der Waals surface area contributed by atoms with Crippen molar-refractivity contribution in [2.75, 3.05) is 7.05 Å². The van der Waals surface area contributed by atoms with Gasteiger partial charge in [-0.05, 0) is 58.0 Å². The lowest BCUT2D eigenvalue weighted by Gasteiger charge is -2.11. The van der Waals surface area contributed by atoms with Gasteiger partial charge in [0.05, 0.1) is 17.6 Å². The molecule has 1 N–H and O–H groups in total. The van der Waals surface area contributed by atoms with Crippen LogP contribution in [0.4, 0.5) is 0 Å². The minimum Gasteiger partial charge on any atom is -0.415 e. The van der Waals surface area contributed by atoms with Crippen molar-refractivity contribution in [2.45, 2.75) is 40.3 Å². The molecule has 0 atom stereocenters. The van der Waals surface area contributed by atoms with Gasteiger partial charge >= 0.3 is 0 Å². The van der Waals surface area contributed by atoms with E-state index < -0.39 is 0 Å². The van der Waals surface area contributed by atoms with E-state index in [1.807, 2.05) is 46.9 Å². The predicted molar refractivity (Wildman–Crippen MR) is 123 cm³/mol. The van der Waals surface area contributed by atoms with E-state index in [2.05, 4.69) is 26.6 Å². The van der Waals surface area contributed by atoms with Crippen LogP contribution in [0.15, 0.2) is 51.9 Å². The second-order valence-electron chi connectivity index (χ2n) is 8.04. The molecule has 4 rings (SSSR count). The van der Waals surface area contributed by atoms with Crippen molar-refractivity contribution in [2.24, 2.45) is 0 Å². The van der Waals surface area contributed by atoms with E-state index >= 15 is 0 Å².